The lowest BCUT2D eigenvalue weighted by Crippen LogP contribution is -2.56. The number of nitrogens with zero attached hydrogens (tertiary/aromatic N) is 3. The highest BCUT2D eigenvalue weighted by atomic mass is 19.4. The number of carbonyl (C=O) groups is 2. The topological polar surface area (TPSA) is 65.5 Å². The van der Waals surface area contributed by atoms with E-state index in [0.29, 0.717) is 38.4 Å². The van der Waals surface area contributed by atoms with Crippen molar-refractivity contribution in [1.82, 2.24) is 15.2 Å². The molecule has 6 nitrogen and oxygen atoms in total. The molecule has 1 aliphatic carbocycles. The van der Waals surface area contributed by atoms with E-state index in [-0.39, 0.29) is 5.82 Å². The first-order chi connectivity index (χ1) is 12.3. The van der Waals surface area contributed by atoms with Gasteiger partial charge in [0.2, 0.25) is 0 Å². The molecule has 1 aromatic rings. The number of amides is 3. The minimum Gasteiger partial charge on any atom is -0.317 e. The average molecular weight is 368 g/mol. The van der Waals surface area contributed by atoms with Gasteiger partial charge in [-0.3, -0.25) is 4.79 Å². The average Bonchev–Trinajstić information content (AvgIpc) is 3.41. The van der Waals surface area contributed by atoms with Gasteiger partial charge in [-0.25, -0.2) is 14.7 Å². The van der Waals surface area contributed by atoms with Crippen molar-refractivity contribution in [3.8, 4) is 0 Å². The lowest BCUT2D eigenvalue weighted by molar-refractivity contribution is -0.137. The number of alkyl halides is 3. The maximum absolute atomic E-state index is 13.2. The van der Waals surface area contributed by atoms with Crippen LogP contribution in [-0.4, -0.2) is 47.0 Å². The van der Waals surface area contributed by atoms with Crippen LogP contribution in [0.4, 0.5) is 23.8 Å². The summed E-state index contributed by atoms with van der Waals surface area (Å²) in [6.07, 6.45) is -0.650. The molecule has 3 aliphatic rings. The number of piperidine rings is 1. The molecule has 0 aromatic carbocycles. The third-order valence-corrected chi connectivity index (χ3v) is 5.41. The minimum atomic E-state index is -4.57. The van der Waals surface area contributed by atoms with Crippen LogP contribution in [0.1, 0.15) is 31.2 Å². The number of halogens is 3. The molecule has 4 rings (SSSR count). The van der Waals surface area contributed by atoms with E-state index in [2.05, 4.69) is 10.3 Å². The molecule has 1 N–H and O–H groups in total. The summed E-state index contributed by atoms with van der Waals surface area (Å²) in [5.74, 6) is -0.351. The Hall–Kier alpha value is -2.16. The van der Waals surface area contributed by atoms with Crippen LogP contribution in [0.25, 0.3) is 0 Å². The predicted molar refractivity (Wildman–Crippen MR) is 86.4 cm³/mol. The SMILES string of the molecule is O=C1N(c2cc(C(F)(F)F)ccn2)C(=O)C2(CCNCC2)N1CC1CC1. The van der Waals surface area contributed by atoms with Gasteiger partial charge in [0.25, 0.3) is 5.91 Å². The molecule has 0 unspecified atom stereocenters. The molecule has 1 spiro atoms. The maximum atomic E-state index is 13.2. The molecule has 1 saturated carbocycles. The van der Waals surface area contributed by atoms with Gasteiger partial charge in [-0.05, 0) is 56.8 Å². The molecule has 9 heteroatoms. The van der Waals surface area contributed by atoms with E-state index >= 15 is 0 Å². The summed E-state index contributed by atoms with van der Waals surface area (Å²) >= 11 is 0. The van der Waals surface area contributed by atoms with Crippen LogP contribution in [-0.2, 0) is 11.0 Å². The Kier molecular flexibility index (Phi) is 3.94. The van der Waals surface area contributed by atoms with Gasteiger partial charge in [0.05, 0.1) is 5.56 Å². The Morgan fingerprint density at radius 1 is 1.23 bits per heavy atom. The maximum Gasteiger partial charge on any atom is 0.416 e. The molecule has 2 saturated heterocycles. The molecule has 0 bridgehead atoms. The largest absolute Gasteiger partial charge is 0.416 e. The monoisotopic (exact) mass is 368 g/mol. The van der Waals surface area contributed by atoms with Crippen LogP contribution >= 0.6 is 0 Å². The summed E-state index contributed by atoms with van der Waals surface area (Å²) < 4.78 is 39.1. The highest BCUT2D eigenvalue weighted by Crippen LogP contribution is 2.42. The second-order valence-electron chi connectivity index (χ2n) is 7.16. The second-order valence-corrected chi connectivity index (χ2v) is 7.16. The first kappa shape index (κ1) is 17.3. The first-order valence-electron chi connectivity index (χ1n) is 8.73. The van der Waals surface area contributed by atoms with E-state index in [9.17, 15) is 22.8 Å². The Morgan fingerprint density at radius 3 is 2.54 bits per heavy atom. The third-order valence-electron chi connectivity index (χ3n) is 5.41. The molecular weight excluding hydrogens is 349 g/mol. The Morgan fingerprint density at radius 2 is 1.92 bits per heavy atom. The minimum absolute atomic E-state index is 0.258. The van der Waals surface area contributed by atoms with E-state index in [1.54, 1.807) is 4.90 Å². The molecule has 2 aliphatic heterocycles. The summed E-state index contributed by atoms with van der Waals surface area (Å²) in [5.41, 5.74) is -1.90. The molecule has 3 fully saturated rings. The number of nitrogens with one attached hydrogen (secondary N) is 1. The number of hydrogen-bond donors (Lipinski definition) is 1. The number of urea groups is 1. The van der Waals surface area contributed by atoms with E-state index in [1.807, 2.05) is 0 Å². The zero-order valence-corrected chi connectivity index (χ0v) is 14.1. The van der Waals surface area contributed by atoms with Gasteiger partial charge in [0.1, 0.15) is 11.4 Å². The Balaban J connectivity index is 1.72. The smallest absolute Gasteiger partial charge is 0.317 e. The van der Waals surface area contributed by atoms with Crippen LogP contribution in [0.5, 0.6) is 0 Å². The van der Waals surface area contributed by atoms with E-state index in [1.165, 1.54) is 0 Å². The number of imide groups is 1. The number of carbonyl (C=O) groups excluding carboxylic acids is 2. The molecule has 3 amide bonds. The van der Waals surface area contributed by atoms with E-state index in [0.717, 1.165) is 36.1 Å². The van der Waals surface area contributed by atoms with Crippen LogP contribution in [0, 0.1) is 5.92 Å². The Labute approximate surface area is 148 Å². The number of pyridine rings is 1. The van der Waals surface area contributed by atoms with Gasteiger partial charge in [0.15, 0.2) is 0 Å². The zero-order valence-electron chi connectivity index (χ0n) is 14.1. The van der Waals surface area contributed by atoms with Crippen molar-refractivity contribution in [3.05, 3.63) is 23.9 Å². The second kappa shape index (κ2) is 5.94. The number of rotatable bonds is 3. The Bertz CT molecular complexity index is 742. The highest BCUT2D eigenvalue weighted by molar-refractivity contribution is 6.22. The van der Waals surface area contributed by atoms with Gasteiger partial charge in [-0.15, -0.1) is 0 Å². The fourth-order valence-electron chi connectivity index (χ4n) is 3.77. The van der Waals surface area contributed by atoms with Crippen LogP contribution in [0.2, 0.25) is 0 Å². The van der Waals surface area contributed by atoms with Gasteiger partial charge in [-0.1, -0.05) is 0 Å². The molecular formula is C17H19F3N4O2. The molecule has 1 aromatic heterocycles. The van der Waals surface area contributed by atoms with Crippen LogP contribution in [0.15, 0.2) is 18.3 Å². The molecule has 0 atom stereocenters. The fourth-order valence-corrected chi connectivity index (χ4v) is 3.77. The summed E-state index contributed by atoms with van der Waals surface area (Å²) in [6.45, 7) is 1.65. The van der Waals surface area contributed by atoms with Gasteiger partial charge >= 0.3 is 12.2 Å². The standard InChI is InChI=1S/C17H19F3N4O2/c18-17(19,20)12-3-6-22-13(9-12)24-14(25)16(4-7-21-8-5-16)23(15(24)26)10-11-1-2-11/h3,6,9,11,21H,1-2,4-5,7-8,10H2. The summed E-state index contributed by atoms with van der Waals surface area (Å²) in [4.78, 5) is 32.5. The molecule has 140 valence electrons. The molecule has 0 radical (unpaired) electrons. The van der Waals surface area contributed by atoms with Crippen molar-refractivity contribution in [2.24, 2.45) is 5.92 Å². The van der Waals surface area contributed by atoms with Crippen LogP contribution < -0.4 is 10.2 Å². The van der Waals surface area contributed by atoms with Crippen molar-refractivity contribution in [1.29, 1.82) is 0 Å². The first-order valence-corrected chi connectivity index (χ1v) is 8.73. The third kappa shape index (κ3) is 2.74. The van der Waals surface area contributed by atoms with E-state index in [4.69, 9.17) is 0 Å². The summed E-state index contributed by atoms with van der Waals surface area (Å²) in [6, 6.07) is 1.04. The van der Waals surface area contributed by atoms with Crippen molar-refractivity contribution in [3.63, 3.8) is 0 Å². The predicted octanol–water partition coefficient (Wildman–Crippen LogP) is 2.40. The highest BCUT2D eigenvalue weighted by Gasteiger charge is 2.58. The van der Waals surface area contributed by atoms with Gasteiger partial charge < -0.3 is 10.2 Å². The summed E-state index contributed by atoms with van der Waals surface area (Å²) in [7, 11) is 0. The quantitative estimate of drug-likeness (QED) is 0.832. The number of aromatic nitrogens is 1. The van der Waals surface area contributed by atoms with Crippen molar-refractivity contribution >= 4 is 17.8 Å². The number of hydrogen-bond acceptors (Lipinski definition) is 4. The van der Waals surface area contributed by atoms with Crippen molar-refractivity contribution in [2.45, 2.75) is 37.4 Å². The van der Waals surface area contributed by atoms with Crippen molar-refractivity contribution < 1.29 is 22.8 Å². The zero-order chi connectivity index (χ0) is 18.5. The lowest BCUT2D eigenvalue weighted by atomic mass is 9.86. The fraction of sp³-hybridized carbons (Fsp3) is 0.588. The van der Waals surface area contributed by atoms with E-state index < -0.39 is 29.2 Å². The van der Waals surface area contributed by atoms with Gasteiger partial charge in [-0.2, -0.15) is 13.2 Å². The number of anilines is 1. The normalized spacial score (nSPS) is 23.2. The molecule has 3 heterocycles. The van der Waals surface area contributed by atoms with Crippen LogP contribution in [0.3, 0.4) is 0 Å². The van der Waals surface area contributed by atoms with Gasteiger partial charge in [0, 0.05) is 12.7 Å². The lowest BCUT2D eigenvalue weighted by Gasteiger charge is -2.38. The summed E-state index contributed by atoms with van der Waals surface area (Å²) in [5, 5.41) is 3.17. The molecule has 26 heavy (non-hydrogen) atoms. The van der Waals surface area contributed by atoms with Crippen molar-refractivity contribution in [2.75, 3.05) is 24.5 Å².